The fourth-order valence-corrected chi connectivity index (χ4v) is 3.96. The molecule has 0 bridgehead atoms. The van der Waals surface area contributed by atoms with Crippen molar-refractivity contribution in [2.24, 2.45) is 10.9 Å². The molecule has 2 aliphatic rings. The molecule has 2 rings (SSSR count). The lowest BCUT2D eigenvalue weighted by molar-refractivity contribution is -0.134. The molecule has 0 spiro atoms. The van der Waals surface area contributed by atoms with Crippen LogP contribution in [0.15, 0.2) is 17.6 Å². The summed E-state index contributed by atoms with van der Waals surface area (Å²) in [6, 6.07) is 0.314. The number of nitrogens with zero attached hydrogens (tertiary/aromatic N) is 2. The van der Waals surface area contributed by atoms with Crippen molar-refractivity contribution in [2.45, 2.75) is 45.1 Å². The van der Waals surface area contributed by atoms with Gasteiger partial charge in [-0.25, -0.2) is 0 Å². The van der Waals surface area contributed by atoms with Gasteiger partial charge in [0.15, 0.2) is 5.96 Å². The molecule has 0 aromatic heterocycles. The van der Waals surface area contributed by atoms with Gasteiger partial charge in [0, 0.05) is 43.1 Å². The second-order valence-corrected chi connectivity index (χ2v) is 7.67. The molecule has 1 saturated heterocycles. The molecular weight excluding hydrogens is 320 g/mol. The van der Waals surface area contributed by atoms with Gasteiger partial charge in [0.05, 0.1) is 6.54 Å². The summed E-state index contributed by atoms with van der Waals surface area (Å²) in [5.41, 5.74) is 0. The molecule has 1 atom stereocenters. The molecule has 1 unspecified atom stereocenters. The molecule has 0 radical (unpaired) electrons. The summed E-state index contributed by atoms with van der Waals surface area (Å²) in [4.78, 5) is 19.2. The van der Waals surface area contributed by atoms with Crippen LogP contribution < -0.4 is 10.6 Å². The maximum Gasteiger partial charge on any atom is 0.225 e. The third kappa shape index (κ3) is 6.04. The average molecular weight is 353 g/mol. The van der Waals surface area contributed by atoms with Crippen LogP contribution in [0.5, 0.6) is 0 Å². The Morgan fingerprint density at radius 2 is 2.17 bits per heavy atom. The summed E-state index contributed by atoms with van der Waals surface area (Å²) >= 11 is 1.84. The summed E-state index contributed by atoms with van der Waals surface area (Å²) in [5, 5.41) is 6.80. The molecular formula is C18H32N4OS. The number of hydrogen-bond acceptors (Lipinski definition) is 3. The summed E-state index contributed by atoms with van der Waals surface area (Å²) in [6.07, 6.45) is 7.53. The molecule has 1 heterocycles. The Labute approximate surface area is 150 Å². The second kappa shape index (κ2) is 10.6. The van der Waals surface area contributed by atoms with E-state index in [9.17, 15) is 4.79 Å². The minimum Gasteiger partial charge on any atom is -0.357 e. The molecule has 2 N–H and O–H groups in total. The highest BCUT2D eigenvalue weighted by Gasteiger charge is 2.32. The van der Waals surface area contributed by atoms with Crippen molar-refractivity contribution in [1.82, 2.24) is 15.5 Å². The maximum absolute atomic E-state index is 12.5. The highest BCUT2D eigenvalue weighted by atomic mass is 32.2. The predicted molar refractivity (Wildman–Crippen MR) is 104 cm³/mol. The number of nitrogens with one attached hydrogen (secondary N) is 2. The van der Waals surface area contributed by atoms with Crippen LogP contribution in [0.3, 0.4) is 0 Å². The third-order valence-electron chi connectivity index (χ3n) is 4.63. The van der Waals surface area contributed by atoms with Crippen LogP contribution >= 0.6 is 11.8 Å². The van der Waals surface area contributed by atoms with Gasteiger partial charge in [-0.1, -0.05) is 18.9 Å². The molecule has 1 amide bonds. The van der Waals surface area contributed by atoms with Gasteiger partial charge in [0.2, 0.25) is 5.91 Å². The van der Waals surface area contributed by atoms with Crippen molar-refractivity contribution in [3.8, 4) is 0 Å². The van der Waals surface area contributed by atoms with E-state index in [1.807, 2.05) is 17.8 Å². The first-order valence-corrected chi connectivity index (χ1v) is 10.4. The van der Waals surface area contributed by atoms with Gasteiger partial charge >= 0.3 is 0 Å². The third-order valence-corrected chi connectivity index (χ3v) is 5.57. The van der Waals surface area contributed by atoms with Crippen molar-refractivity contribution < 1.29 is 4.79 Å². The van der Waals surface area contributed by atoms with Gasteiger partial charge in [-0.2, -0.15) is 11.8 Å². The molecule has 6 heteroatoms. The molecule has 5 nitrogen and oxygen atoms in total. The van der Waals surface area contributed by atoms with Crippen molar-refractivity contribution in [3.05, 3.63) is 12.7 Å². The van der Waals surface area contributed by atoms with E-state index in [-0.39, 0.29) is 5.92 Å². The minimum atomic E-state index is 0.285. The smallest absolute Gasteiger partial charge is 0.225 e. The van der Waals surface area contributed by atoms with Crippen LogP contribution in [-0.2, 0) is 4.79 Å². The summed E-state index contributed by atoms with van der Waals surface area (Å²) < 4.78 is 0. The van der Waals surface area contributed by atoms with Crippen LogP contribution in [0.25, 0.3) is 0 Å². The number of likely N-dealkylation sites (tertiary alicyclic amines) is 1. The monoisotopic (exact) mass is 352 g/mol. The minimum absolute atomic E-state index is 0.285. The lowest BCUT2D eigenvalue weighted by Gasteiger charge is -2.21. The summed E-state index contributed by atoms with van der Waals surface area (Å²) in [7, 11) is 0. The zero-order valence-corrected chi connectivity index (χ0v) is 15.7. The normalized spacial score (nSPS) is 22.0. The second-order valence-electron chi connectivity index (χ2n) is 6.52. The van der Waals surface area contributed by atoms with E-state index in [1.165, 1.54) is 12.8 Å². The molecule has 24 heavy (non-hydrogen) atoms. The summed E-state index contributed by atoms with van der Waals surface area (Å²) in [6.45, 7) is 9.14. The Morgan fingerprint density at radius 1 is 1.38 bits per heavy atom. The maximum atomic E-state index is 12.5. The van der Waals surface area contributed by atoms with Crippen molar-refractivity contribution in [3.63, 3.8) is 0 Å². The standard InChI is InChI=1S/C18H32N4OS/c1-3-12-24-13-10-20-18(19-4-2)21-16-9-11-22(14-16)17(23)15-7-5-6-8-15/h3,15-16H,1,4-14H2,2H3,(H2,19,20,21). The fourth-order valence-electron chi connectivity index (χ4n) is 3.41. The van der Waals surface area contributed by atoms with Crippen LogP contribution in [0, 0.1) is 5.92 Å². The van der Waals surface area contributed by atoms with Gasteiger partial charge in [-0.15, -0.1) is 6.58 Å². The van der Waals surface area contributed by atoms with E-state index in [4.69, 9.17) is 0 Å². The van der Waals surface area contributed by atoms with Crippen molar-refractivity contribution >= 4 is 23.6 Å². The van der Waals surface area contributed by atoms with E-state index in [2.05, 4.69) is 34.0 Å². The number of carbonyl (C=O) groups excluding carboxylic acids is 1. The van der Waals surface area contributed by atoms with E-state index in [1.54, 1.807) is 0 Å². The van der Waals surface area contributed by atoms with Crippen LogP contribution in [0.4, 0.5) is 0 Å². The van der Waals surface area contributed by atoms with E-state index >= 15 is 0 Å². The van der Waals surface area contributed by atoms with Gasteiger partial charge < -0.3 is 15.5 Å². The fraction of sp³-hybridized carbons (Fsp3) is 0.778. The predicted octanol–water partition coefficient (Wildman–Crippen LogP) is 2.25. The molecule has 0 aromatic carbocycles. The molecule has 1 aliphatic heterocycles. The highest BCUT2D eigenvalue weighted by Crippen LogP contribution is 2.27. The number of hydrogen-bond donors (Lipinski definition) is 2. The largest absolute Gasteiger partial charge is 0.357 e. The Kier molecular flexibility index (Phi) is 8.50. The Bertz CT molecular complexity index is 435. The zero-order valence-electron chi connectivity index (χ0n) is 14.9. The Hall–Kier alpha value is -1.17. The van der Waals surface area contributed by atoms with Gasteiger partial charge in [-0.3, -0.25) is 9.79 Å². The SMILES string of the molecule is C=CCSCCN=C(NCC)NC1CCN(C(=O)C2CCCC2)C1. The first-order valence-electron chi connectivity index (χ1n) is 9.26. The van der Waals surface area contributed by atoms with Crippen LogP contribution in [-0.4, -0.2) is 60.5 Å². The first-order chi connectivity index (χ1) is 11.7. The number of carbonyl (C=O) groups is 1. The van der Waals surface area contributed by atoms with E-state index in [0.29, 0.717) is 11.9 Å². The quantitative estimate of drug-likeness (QED) is 0.304. The molecule has 2 fully saturated rings. The number of rotatable bonds is 8. The lowest BCUT2D eigenvalue weighted by Crippen LogP contribution is -2.45. The average Bonchev–Trinajstić information content (AvgIpc) is 3.26. The summed E-state index contributed by atoms with van der Waals surface area (Å²) in [5.74, 6) is 3.50. The van der Waals surface area contributed by atoms with Crippen molar-refractivity contribution in [2.75, 3.05) is 37.7 Å². The molecule has 136 valence electrons. The van der Waals surface area contributed by atoms with Gasteiger partial charge in [0.1, 0.15) is 0 Å². The zero-order chi connectivity index (χ0) is 17.2. The number of thioether (sulfide) groups is 1. The molecule has 1 aliphatic carbocycles. The number of amides is 1. The Morgan fingerprint density at radius 3 is 2.88 bits per heavy atom. The highest BCUT2D eigenvalue weighted by molar-refractivity contribution is 7.99. The van der Waals surface area contributed by atoms with E-state index < -0.39 is 0 Å². The Balaban J connectivity index is 1.76. The number of guanidine groups is 1. The topological polar surface area (TPSA) is 56.7 Å². The molecule has 0 aromatic rings. The van der Waals surface area contributed by atoms with Crippen molar-refractivity contribution in [1.29, 1.82) is 0 Å². The van der Waals surface area contributed by atoms with Gasteiger partial charge in [0.25, 0.3) is 0 Å². The number of aliphatic imine (C=N–C) groups is 1. The lowest BCUT2D eigenvalue weighted by atomic mass is 10.1. The first kappa shape index (κ1) is 19.2. The van der Waals surface area contributed by atoms with Gasteiger partial charge in [-0.05, 0) is 26.2 Å². The van der Waals surface area contributed by atoms with Crippen LogP contribution in [0.1, 0.15) is 39.0 Å². The van der Waals surface area contributed by atoms with E-state index in [0.717, 1.165) is 62.9 Å². The molecule has 1 saturated carbocycles. The van der Waals surface area contributed by atoms with Crippen LogP contribution in [0.2, 0.25) is 0 Å².